The van der Waals surface area contributed by atoms with E-state index in [0.29, 0.717) is 36.0 Å². The zero-order valence-electron chi connectivity index (χ0n) is 18.3. The Morgan fingerprint density at radius 2 is 1.79 bits per heavy atom. The maximum Gasteiger partial charge on any atom is 0.416 e. The molecule has 2 aliphatic rings. The van der Waals surface area contributed by atoms with Gasteiger partial charge in [-0.05, 0) is 48.4 Å². The van der Waals surface area contributed by atoms with Gasteiger partial charge in [-0.1, -0.05) is 48.9 Å². The fraction of sp³-hybridized carbons (Fsp3) is 0.320. The van der Waals surface area contributed by atoms with Crippen LogP contribution in [0, 0.1) is 5.41 Å². The van der Waals surface area contributed by atoms with Crippen LogP contribution in [0.3, 0.4) is 0 Å². The van der Waals surface area contributed by atoms with Crippen molar-refractivity contribution in [3.8, 4) is 5.75 Å². The van der Waals surface area contributed by atoms with Crippen LogP contribution in [0.1, 0.15) is 18.9 Å². The Morgan fingerprint density at radius 3 is 2.39 bits per heavy atom. The molecule has 0 radical (unpaired) electrons. The number of nitrogens with zero attached hydrogens (tertiary/aromatic N) is 2. The minimum absolute atomic E-state index is 0.254. The van der Waals surface area contributed by atoms with Gasteiger partial charge in [-0.2, -0.15) is 13.2 Å². The van der Waals surface area contributed by atoms with Crippen LogP contribution in [0.25, 0.3) is 0 Å². The monoisotopic (exact) mass is 476 g/mol. The highest BCUT2D eigenvalue weighted by atomic mass is 35.5. The molecule has 0 saturated carbocycles. The van der Waals surface area contributed by atoms with E-state index in [-0.39, 0.29) is 6.03 Å². The smallest absolute Gasteiger partial charge is 0.416 e. The summed E-state index contributed by atoms with van der Waals surface area (Å²) in [6, 6.07) is 13.4. The number of methoxy groups -OCH3 is 1. The number of halogens is 4. The Morgan fingerprint density at radius 1 is 1.12 bits per heavy atom. The molecule has 2 atom stereocenters. The Kier molecular flexibility index (Phi) is 6.18. The molecule has 174 valence electrons. The summed E-state index contributed by atoms with van der Waals surface area (Å²) in [5.41, 5.74) is -0.0809. The third-order valence-corrected chi connectivity index (χ3v) is 6.50. The number of carbonyl (C=O) groups is 1. The lowest BCUT2D eigenvalue weighted by Crippen LogP contribution is -2.45. The van der Waals surface area contributed by atoms with Crippen molar-refractivity contribution in [3.63, 3.8) is 0 Å². The predicted molar refractivity (Wildman–Crippen MR) is 123 cm³/mol. The summed E-state index contributed by atoms with van der Waals surface area (Å²) in [5, 5.41) is 0.517. The topological polar surface area (TPSA) is 32.8 Å². The maximum absolute atomic E-state index is 13.5. The molecule has 0 spiro atoms. The van der Waals surface area contributed by atoms with Crippen LogP contribution < -0.4 is 9.64 Å². The van der Waals surface area contributed by atoms with Crippen LogP contribution in [-0.4, -0.2) is 36.8 Å². The van der Waals surface area contributed by atoms with Gasteiger partial charge in [-0.3, -0.25) is 4.90 Å². The number of allylic oxidation sites excluding steroid dienone is 3. The standard InChI is InChI=1S/C25H24ClF3N2O2/c1-24(13-3-4-18(14-24)25(27,28)29)22-16-30(15-17-5-11-21(33-2)12-6-17)23(32)31(22)20-9-7-19(26)8-10-20/h3-12,14,22H,13,15-16H2,1-2H3/t22-,24?/m1/s1. The number of anilines is 1. The van der Waals surface area contributed by atoms with Crippen LogP contribution in [0.5, 0.6) is 5.75 Å². The number of hydrogen-bond donors (Lipinski definition) is 0. The Labute approximate surface area is 195 Å². The van der Waals surface area contributed by atoms with Crippen molar-refractivity contribution in [1.29, 1.82) is 0 Å². The summed E-state index contributed by atoms with van der Waals surface area (Å²) in [5.74, 6) is 0.707. The predicted octanol–water partition coefficient (Wildman–Crippen LogP) is 6.61. The minimum Gasteiger partial charge on any atom is -0.497 e. The number of hydrogen-bond acceptors (Lipinski definition) is 2. The zero-order chi connectivity index (χ0) is 23.8. The second-order valence-electron chi connectivity index (χ2n) is 8.58. The lowest BCUT2D eigenvalue weighted by molar-refractivity contribution is -0.0895. The number of urea groups is 1. The largest absolute Gasteiger partial charge is 0.497 e. The van der Waals surface area contributed by atoms with Gasteiger partial charge in [0.15, 0.2) is 0 Å². The fourth-order valence-corrected chi connectivity index (χ4v) is 4.57. The summed E-state index contributed by atoms with van der Waals surface area (Å²) >= 11 is 6.03. The molecule has 0 aromatic heterocycles. The van der Waals surface area contributed by atoms with Crippen molar-refractivity contribution < 1.29 is 22.7 Å². The van der Waals surface area contributed by atoms with Gasteiger partial charge in [0.25, 0.3) is 0 Å². The number of amides is 2. The molecule has 8 heteroatoms. The Hall–Kier alpha value is -2.93. The summed E-state index contributed by atoms with van der Waals surface area (Å²) in [6.07, 6.45) is -0.135. The highest BCUT2D eigenvalue weighted by Gasteiger charge is 2.49. The van der Waals surface area contributed by atoms with Crippen LogP contribution in [0.4, 0.5) is 23.7 Å². The van der Waals surface area contributed by atoms with Gasteiger partial charge in [-0.25, -0.2) is 4.79 Å². The molecule has 1 fully saturated rings. The summed E-state index contributed by atoms with van der Waals surface area (Å²) in [6.45, 7) is 2.41. The molecular weight excluding hydrogens is 453 g/mol. The number of ether oxygens (including phenoxy) is 1. The van der Waals surface area contributed by atoms with Gasteiger partial charge < -0.3 is 9.64 Å². The van der Waals surface area contributed by atoms with Crippen LogP contribution in [0.2, 0.25) is 5.02 Å². The summed E-state index contributed by atoms with van der Waals surface area (Å²) < 4.78 is 45.7. The molecule has 1 saturated heterocycles. The van der Waals surface area contributed by atoms with Crippen molar-refractivity contribution in [2.45, 2.75) is 32.1 Å². The van der Waals surface area contributed by atoms with Crippen molar-refractivity contribution >= 4 is 23.3 Å². The first-order valence-electron chi connectivity index (χ1n) is 10.5. The Balaban J connectivity index is 1.70. The van der Waals surface area contributed by atoms with Crippen LogP contribution in [0.15, 0.2) is 72.3 Å². The number of alkyl halides is 3. The van der Waals surface area contributed by atoms with Crippen molar-refractivity contribution in [3.05, 3.63) is 82.9 Å². The van der Waals surface area contributed by atoms with Gasteiger partial charge in [0.1, 0.15) is 5.75 Å². The average molecular weight is 477 g/mol. The second kappa shape index (κ2) is 8.78. The average Bonchev–Trinajstić information content (AvgIpc) is 3.11. The molecule has 0 bridgehead atoms. The number of carbonyl (C=O) groups excluding carboxylic acids is 1. The third kappa shape index (κ3) is 4.74. The van der Waals surface area contributed by atoms with Gasteiger partial charge in [0.2, 0.25) is 0 Å². The first-order chi connectivity index (χ1) is 15.6. The maximum atomic E-state index is 13.5. The van der Waals surface area contributed by atoms with Crippen molar-refractivity contribution in [2.75, 3.05) is 18.6 Å². The van der Waals surface area contributed by atoms with Crippen LogP contribution in [-0.2, 0) is 6.54 Å². The van der Waals surface area contributed by atoms with E-state index < -0.39 is 23.2 Å². The molecule has 1 aliphatic heterocycles. The van der Waals surface area contributed by atoms with E-state index in [1.165, 1.54) is 6.08 Å². The molecule has 1 unspecified atom stereocenters. The van der Waals surface area contributed by atoms with E-state index in [1.54, 1.807) is 54.2 Å². The van der Waals surface area contributed by atoms with E-state index >= 15 is 0 Å². The molecule has 2 amide bonds. The lowest BCUT2D eigenvalue weighted by atomic mass is 9.74. The first kappa shape index (κ1) is 23.2. The number of rotatable bonds is 5. The van der Waals surface area contributed by atoms with Gasteiger partial charge in [0.05, 0.1) is 18.7 Å². The molecule has 1 heterocycles. The van der Waals surface area contributed by atoms with E-state index in [0.717, 1.165) is 11.6 Å². The molecule has 1 aliphatic carbocycles. The lowest BCUT2D eigenvalue weighted by Gasteiger charge is -2.39. The SMILES string of the molecule is COc1ccc(CN2C[C@H](C3(C)C=C(C(F)(F)F)C=CC3)N(c3ccc(Cl)cc3)C2=O)cc1. The van der Waals surface area contributed by atoms with Gasteiger partial charge >= 0.3 is 12.2 Å². The minimum atomic E-state index is -4.45. The Bertz CT molecular complexity index is 1080. The molecular formula is C25H24ClF3N2O2. The van der Waals surface area contributed by atoms with Crippen molar-refractivity contribution in [2.24, 2.45) is 5.41 Å². The first-order valence-corrected chi connectivity index (χ1v) is 10.9. The van der Waals surface area contributed by atoms with Gasteiger partial charge in [0, 0.05) is 29.2 Å². The summed E-state index contributed by atoms with van der Waals surface area (Å²) in [7, 11) is 1.58. The molecule has 33 heavy (non-hydrogen) atoms. The highest BCUT2D eigenvalue weighted by Crippen LogP contribution is 2.44. The quantitative estimate of drug-likeness (QED) is 0.486. The molecule has 4 nitrogen and oxygen atoms in total. The molecule has 0 N–H and O–H groups in total. The van der Waals surface area contributed by atoms with E-state index in [1.807, 2.05) is 24.3 Å². The fourth-order valence-electron chi connectivity index (χ4n) is 4.44. The normalized spacial score (nSPS) is 23.2. The van der Waals surface area contributed by atoms with Crippen molar-refractivity contribution in [1.82, 2.24) is 4.90 Å². The summed E-state index contributed by atoms with van der Waals surface area (Å²) in [4.78, 5) is 16.8. The molecule has 4 rings (SSSR count). The van der Waals surface area contributed by atoms with Crippen LogP contribution >= 0.6 is 11.6 Å². The van der Waals surface area contributed by atoms with E-state index in [4.69, 9.17) is 16.3 Å². The van der Waals surface area contributed by atoms with Gasteiger partial charge in [-0.15, -0.1) is 0 Å². The highest BCUT2D eigenvalue weighted by molar-refractivity contribution is 6.30. The zero-order valence-corrected chi connectivity index (χ0v) is 19.0. The molecule has 2 aromatic carbocycles. The second-order valence-corrected chi connectivity index (χ2v) is 9.02. The van der Waals surface area contributed by atoms with E-state index in [2.05, 4.69) is 0 Å². The number of benzene rings is 2. The third-order valence-electron chi connectivity index (χ3n) is 6.25. The molecule has 2 aromatic rings. The van der Waals surface area contributed by atoms with E-state index in [9.17, 15) is 18.0 Å².